The predicted octanol–water partition coefficient (Wildman–Crippen LogP) is 3.23. The summed E-state index contributed by atoms with van der Waals surface area (Å²) in [6.45, 7) is 10.2. The van der Waals surface area contributed by atoms with E-state index >= 15 is 0 Å². The summed E-state index contributed by atoms with van der Waals surface area (Å²) < 4.78 is 0. The molecule has 0 bridgehead atoms. The predicted molar refractivity (Wildman–Crippen MR) is 121 cm³/mol. The van der Waals surface area contributed by atoms with Gasteiger partial charge < -0.3 is 20.6 Å². The molecule has 0 fully saturated rings. The first-order valence-electron chi connectivity index (χ1n) is 10.1. The van der Waals surface area contributed by atoms with Crippen LogP contribution in [0.5, 0.6) is 0 Å². The van der Waals surface area contributed by atoms with Crippen molar-refractivity contribution in [3.8, 4) is 0 Å². The molecule has 0 spiro atoms. The summed E-state index contributed by atoms with van der Waals surface area (Å²) >= 11 is 0. The van der Waals surface area contributed by atoms with Gasteiger partial charge in [-0.3, -0.25) is 0 Å². The van der Waals surface area contributed by atoms with Crippen LogP contribution in [-0.2, 0) is 12.0 Å². The zero-order chi connectivity index (χ0) is 21.4. The molecule has 0 saturated heterocycles. The number of benzene rings is 1. The zero-order valence-corrected chi connectivity index (χ0v) is 18.5. The summed E-state index contributed by atoms with van der Waals surface area (Å²) in [4.78, 5) is 11.1. The van der Waals surface area contributed by atoms with Crippen molar-refractivity contribution in [2.45, 2.75) is 45.8 Å². The van der Waals surface area contributed by atoms with Crippen molar-refractivity contribution in [3.63, 3.8) is 0 Å². The normalized spacial score (nSPS) is 13.1. The Kier molecular flexibility index (Phi) is 8.02. The fourth-order valence-corrected chi connectivity index (χ4v) is 2.98. The fraction of sp³-hybridized carbons (Fsp3) is 0.478. The number of aromatic nitrogens is 1. The molecule has 0 aliphatic rings. The van der Waals surface area contributed by atoms with Crippen molar-refractivity contribution in [1.82, 2.24) is 15.6 Å². The van der Waals surface area contributed by atoms with Gasteiger partial charge in [0, 0.05) is 38.9 Å². The highest BCUT2D eigenvalue weighted by atomic mass is 16.3. The van der Waals surface area contributed by atoms with Crippen LogP contribution in [0.4, 0.5) is 5.82 Å². The second-order valence-corrected chi connectivity index (χ2v) is 8.34. The van der Waals surface area contributed by atoms with E-state index in [1.807, 2.05) is 50.2 Å². The van der Waals surface area contributed by atoms with Crippen molar-refractivity contribution in [2.24, 2.45) is 4.99 Å². The molecule has 0 amide bonds. The molecule has 0 saturated carbocycles. The van der Waals surface area contributed by atoms with Gasteiger partial charge in [-0.05, 0) is 29.5 Å². The number of nitrogens with one attached hydrogen (secondary N) is 2. The summed E-state index contributed by atoms with van der Waals surface area (Å²) in [6.07, 6.45) is 1.18. The number of hydrogen-bond acceptors (Lipinski definition) is 4. The van der Waals surface area contributed by atoms with E-state index in [4.69, 9.17) is 0 Å². The Morgan fingerprint density at radius 3 is 2.41 bits per heavy atom. The van der Waals surface area contributed by atoms with Crippen LogP contribution in [0.2, 0.25) is 0 Å². The molecule has 0 radical (unpaired) electrons. The lowest BCUT2D eigenvalue weighted by atomic mass is 9.86. The molecule has 29 heavy (non-hydrogen) atoms. The molecule has 1 unspecified atom stereocenters. The smallest absolute Gasteiger partial charge is 0.191 e. The maximum Gasteiger partial charge on any atom is 0.191 e. The summed E-state index contributed by atoms with van der Waals surface area (Å²) in [5.41, 5.74) is 3.30. The first kappa shape index (κ1) is 22.7. The quantitative estimate of drug-likeness (QED) is 0.494. The Morgan fingerprint density at radius 1 is 1.14 bits per heavy atom. The minimum absolute atomic E-state index is 0.102. The number of rotatable bonds is 7. The minimum Gasteiger partial charge on any atom is -0.387 e. The molecule has 6 heteroatoms. The van der Waals surface area contributed by atoms with Gasteiger partial charge in [0.25, 0.3) is 0 Å². The molecule has 158 valence electrons. The molecule has 2 rings (SSSR count). The Morgan fingerprint density at radius 2 is 1.83 bits per heavy atom. The summed E-state index contributed by atoms with van der Waals surface area (Å²) in [5, 5.41) is 17.0. The molecule has 2 aromatic rings. The van der Waals surface area contributed by atoms with E-state index in [1.54, 1.807) is 6.20 Å². The second kappa shape index (κ2) is 10.3. The lowest BCUT2D eigenvalue weighted by Gasteiger charge is -2.20. The van der Waals surface area contributed by atoms with Gasteiger partial charge in [0.15, 0.2) is 5.96 Å². The number of hydrogen-bond donors (Lipinski definition) is 3. The van der Waals surface area contributed by atoms with E-state index in [2.05, 4.69) is 53.5 Å². The lowest BCUT2D eigenvalue weighted by Crippen LogP contribution is -2.39. The number of aliphatic hydroxyl groups excluding tert-OH is 1. The van der Waals surface area contributed by atoms with E-state index in [0.29, 0.717) is 19.0 Å². The van der Waals surface area contributed by atoms with Crippen molar-refractivity contribution in [2.75, 3.05) is 32.1 Å². The highest BCUT2D eigenvalue weighted by Gasteiger charge is 2.15. The SMILES string of the molecule is CCNC(=NCc1cccnc1N(C)C)NCC(O)c1ccc(C(C)(C)C)cc1. The van der Waals surface area contributed by atoms with Gasteiger partial charge in [-0.2, -0.15) is 0 Å². The molecule has 6 nitrogen and oxygen atoms in total. The third-order valence-corrected chi connectivity index (χ3v) is 4.67. The van der Waals surface area contributed by atoms with Crippen LogP contribution < -0.4 is 15.5 Å². The van der Waals surface area contributed by atoms with E-state index in [0.717, 1.165) is 23.5 Å². The molecule has 1 aromatic heterocycles. The molecular weight excluding hydrogens is 362 g/mol. The number of guanidine groups is 1. The van der Waals surface area contributed by atoms with Crippen LogP contribution in [0.3, 0.4) is 0 Å². The highest BCUT2D eigenvalue weighted by Crippen LogP contribution is 2.23. The third-order valence-electron chi connectivity index (χ3n) is 4.67. The Bertz CT molecular complexity index is 794. The summed E-state index contributed by atoms with van der Waals surface area (Å²) in [6, 6.07) is 12.1. The number of pyridine rings is 1. The lowest BCUT2D eigenvalue weighted by molar-refractivity contribution is 0.181. The molecule has 1 heterocycles. The standard InChI is InChI=1S/C23H35N5O/c1-7-24-22(26-15-18-9-8-14-25-21(18)28(5)6)27-16-20(29)17-10-12-19(13-11-17)23(2,3)4/h8-14,20,29H,7,15-16H2,1-6H3,(H2,24,26,27). The van der Waals surface area contributed by atoms with Gasteiger partial charge in [-0.1, -0.05) is 51.1 Å². The van der Waals surface area contributed by atoms with Crippen molar-refractivity contribution in [1.29, 1.82) is 0 Å². The zero-order valence-electron chi connectivity index (χ0n) is 18.5. The molecular formula is C23H35N5O. The van der Waals surface area contributed by atoms with Crippen LogP contribution >= 0.6 is 0 Å². The Hall–Kier alpha value is -2.60. The topological polar surface area (TPSA) is 72.8 Å². The van der Waals surface area contributed by atoms with Gasteiger partial charge in [-0.25, -0.2) is 9.98 Å². The van der Waals surface area contributed by atoms with E-state index in [9.17, 15) is 5.11 Å². The van der Waals surface area contributed by atoms with Crippen molar-refractivity contribution < 1.29 is 5.11 Å². The van der Waals surface area contributed by atoms with Crippen LogP contribution in [0.1, 0.15) is 50.5 Å². The van der Waals surface area contributed by atoms with Gasteiger partial charge in [0.1, 0.15) is 5.82 Å². The monoisotopic (exact) mass is 397 g/mol. The molecule has 1 aromatic carbocycles. The highest BCUT2D eigenvalue weighted by molar-refractivity contribution is 5.79. The first-order chi connectivity index (χ1) is 13.7. The Balaban J connectivity index is 2.02. The van der Waals surface area contributed by atoms with Crippen LogP contribution in [-0.4, -0.2) is 43.2 Å². The molecule has 0 aliphatic heterocycles. The fourth-order valence-electron chi connectivity index (χ4n) is 2.98. The van der Waals surface area contributed by atoms with Gasteiger partial charge in [0.2, 0.25) is 0 Å². The first-order valence-corrected chi connectivity index (χ1v) is 10.1. The number of aliphatic imine (C=N–C) groups is 1. The average molecular weight is 398 g/mol. The number of nitrogens with zero attached hydrogens (tertiary/aromatic N) is 3. The largest absolute Gasteiger partial charge is 0.387 e. The molecule has 3 N–H and O–H groups in total. The second-order valence-electron chi connectivity index (χ2n) is 8.34. The van der Waals surface area contributed by atoms with Gasteiger partial charge in [-0.15, -0.1) is 0 Å². The maximum atomic E-state index is 10.6. The number of aliphatic hydroxyl groups is 1. The van der Waals surface area contributed by atoms with Crippen molar-refractivity contribution in [3.05, 3.63) is 59.3 Å². The molecule has 0 aliphatic carbocycles. The van der Waals surface area contributed by atoms with E-state index in [-0.39, 0.29) is 5.41 Å². The summed E-state index contributed by atoms with van der Waals surface area (Å²) in [7, 11) is 3.95. The average Bonchev–Trinajstić information content (AvgIpc) is 2.69. The van der Waals surface area contributed by atoms with Crippen LogP contribution in [0, 0.1) is 0 Å². The number of anilines is 1. The van der Waals surface area contributed by atoms with Gasteiger partial charge in [0.05, 0.1) is 12.6 Å². The van der Waals surface area contributed by atoms with Crippen LogP contribution in [0.25, 0.3) is 0 Å². The minimum atomic E-state index is -0.608. The van der Waals surface area contributed by atoms with E-state index in [1.165, 1.54) is 5.56 Å². The van der Waals surface area contributed by atoms with Crippen molar-refractivity contribution >= 4 is 11.8 Å². The van der Waals surface area contributed by atoms with Gasteiger partial charge >= 0.3 is 0 Å². The third kappa shape index (κ3) is 6.75. The summed E-state index contributed by atoms with van der Waals surface area (Å²) in [5.74, 6) is 1.58. The molecule has 1 atom stereocenters. The Labute approximate surface area is 175 Å². The van der Waals surface area contributed by atoms with E-state index < -0.39 is 6.10 Å². The van der Waals surface area contributed by atoms with Crippen LogP contribution in [0.15, 0.2) is 47.6 Å². The maximum absolute atomic E-state index is 10.6.